The summed E-state index contributed by atoms with van der Waals surface area (Å²) in [7, 11) is 0. The fourth-order valence-corrected chi connectivity index (χ4v) is 2.50. The van der Waals surface area contributed by atoms with Gasteiger partial charge in [0.2, 0.25) is 0 Å². The number of phenols is 2. The van der Waals surface area contributed by atoms with Crippen molar-refractivity contribution in [1.29, 1.82) is 0 Å². The summed E-state index contributed by atoms with van der Waals surface area (Å²) in [5, 5.41) is 19.3. The third-order valence-electron chi connectivity index (χ3n) is 3.32. The first-order valence-corrected chi connectivity index (χ1v) is 6.77. The van der Waals surface area contributed by atoms with Crippen LogP contribution in [-0.2, 0) is 6.54 Å². The second-order valence-electron chi connectivity index (χ2n) is 4.96. The molecule has 1 aromatic heterocycles. The van der Waals surface area contributed by atoms with Crippen LogP contribution in [0, 0.1) is 5.82 Å². The van der Waals surface area contributed by atoms with E-state index in [0.29, 0.717) is 23.4 Å². The van der Waals surface area contributed by atoms with Gasteiger partial charge < -0.3 is 14.8 Å². The number of fused-ring (bicyclic) bond motifs is 1. The van der Waals surface area contributed by atoms with Gasteiger partial charge >= 0.3 is 0 Å². The maximum absolute atomic E-state index is 13.4. The van der Waals surface area contributed by atoms with Crippen molar-refractivity contribution in [3.05, 3.63) is 42.2 Å². The lowest BCUT2D eigenvalue weighted by atomic mass is 10.2. The second kappa shape index (κ2) is 5.09. The molecule has 0 radical (unpaired) electrons. The monoisotopic (exact) mass is 286 g/mol. The second-order valence-corrected chi connectivity index (χ2v) is 4.96. The Morgan fingerprint density at radius 1 is 1.10 bits per heavy atom. The number of aromatic hydroxyl groups is 2. The van der Waals surface area contributed by atoms with Crippen molar-refractivity contribution in [2.75, 3.05) is 0 Å². The molecule has 0 unspecified atom stereocenters. The minimum atomic E-state index is -0.339. The number of aryl methyl sites for hydroxylation is 1. The summed E-state index contributed by atoms with van der Waals surface area (Å²) in [5.74, 6) is 0.190. The zero-order chi connectivity index (χ0) is 15.0. The summed E-state index contributed by atoms with van der Waals surface area (Å²) >= 11 is 0. The molecule has 0 atom stereocenters. The SMILES string of the molecule is CCCn1c(-c2cc(O)cc(O)c2)nc2cc(F)ccc21. The average Bonchev–Trinajstić information content (AvgIpc) is 2.76. The molecular weight excluding hydrogens is 271 g/mol. The Morgan fingerprint density at radius 2 is 1.81 bits per heavy atom. The fraction of sp³-hybridized carbons (Fsp3) is 0.188. The van der Waals surface area contributed by atoms with Crippen molar-refractivity contribution in [2.24, 2.45) is 0 Å². The highest BCUT2D eigenvalue weighted by molar-refractivity contribution is 5.81. The van der Waals surface area contributed by atoms with E-state index in [0.717, 1.165) is 11.9 Å². The molecule has 2 N–H and O–H groups in total. The summed E-state index contributed by atoms with van der Waals surface area (Å²) in [6.07, 6.45) is 0.890. The Bertz CT molecular complexity index is 791. The molecule has 0 aliphatic rings. The summed E-state index contributed by atoms with van der Waals surface area (Å²) in [6, 6.07) is 8.80. The molecule has 0 amide bonds. The number of rotatable bonds is 3. The molecule has 0 bridgehead atoms. The highest BCUT2D eigenvalue weighted by atomic mass is 19.1. The van der Waals surface area contributed by atoms with Gasteiger partial charge in [0.25, 0.3) is 0 Å². The molecule has 0 saturated heterocycles. The Kier molecular flexibility index (Phi) is 3.25. The van der Waals surface area contributed by atoms with Gasteiger partial charge in [-0.25, -0.2) is 9.37 Å². The largest absolute Gasteiger partial charge is 0.508 e. The van der Waals surface area contributed by atoms with Crippen LogP contribution in [0.1, 0.15) is 13.3 Å². The van der Waals surface area contributed by atoms with Crippen LogP contribution in [-0.4, -0.2) is 19.8 Å². The molecule has 21 heavy (non-hydrogen) atoms. The summed E-state index contributed by atoms with van der Waals surface area (Å²) in [6.45, 7) is 2.76. The van der Waals surface area contributed by atoms with Crippen LogP contribution < -0.4 is 0 Å². The van der Waals surface area contributed by atoms with Gasteiger partial charge in [0.05, 0.1) is 11.0 Å². The number of benzene rings is 2. The van der Waals surface area contributed by atoms with E-state index in [1.54, 1.807) is 6.07 Å². The number of aromatic nitrogens is 2. The van der Waals surface area contributed by atoms with Crippen molar-refractivity contribution in [3.8, 4) is 22.9 Å². The molecule has 0 spiro atoms. The van der Waals surface area contributed by atoms with Crippen molar-refractivity contribution in [1.82, 2.24) is 9.55 Å². The van der Waals surface area contributed by atoms with Gasteiger partial charge in [-0.05, 0) is 30.7 Å². The van der Waals surface area contributed by atoms with E-state index >= 15 is 0 Å². The van der Waals surface area contributed by atoms with E-state index < -0.39 is 0 Å². The van der Waals surface area contributed by atoms with Crippen molar-refractivity contribution >= 4 is 11.0 Å². The van der Waals surface area contributed by atoms with Gasteiger partial charge in [0.1, 0.15) is 23.1 Å². The predicted molar refractivity (Wildman–Crippen MR) is 78.7 cm³/mol. The third kappa shape index (κ3) is 2.42. The van der Waals surface area contributed by atoms with Crippen LogP contribution in [0.25, 0.3) is 22.4 Å². The van der Waals surface area contributed by atoms with Crippen molar-refractivity contribution in [2.45, 2.75) is 19.9 Å². The molecule has 0 fully saturated rings. The zero-order valence-electron chi connectivity index (χ0n) is 11.5. The van der Waals surface area contributed by atoms with Crippen LogP contribution in [0.15, 0.2) is 36.4 Å². The fourth-order valence-electron chi connectivity index (χ4n) is 2.50. The Balaban J connectivity index is 2.27. The topological polar surface area (TPSA) is 58.3 Å². The van der Waals surface area contributed by atoms with Crippen molar-refractivity contribution in [3.63, 3.8) is 0 Å². The molecule has 0 aliphatic carbocycles. The zero-order valence-corrected chi connectivity index (χ0v) is 11.5. The molecule has 3 rings (SSSR count). The van der Waals surface area contributed by atoms with E-state index in [1.807, 2.05) is 11.5 Å². The molecule has 1 heterocycles. The Morgan fingerprint density at radius 3 is 2.48 bits per heavy atom. The predicted octanol–water partition coefficient (Wildman–Crippen LogP) is 3.66. The lowest BCUT2D eigenvalue weighted by Crippen LogP contribution is -1.99. The Hall–Kier alpha value is -2.56. The van der Waals surface area contributed by atoms with E-state index in [2.05, 4.69) is 4.98 Å². The van der Waals surface area contributed by atoms with Crippen LogP contribution in [0.3, 0.4) is 0 Å². The van der Waals surface area contributed by atoms with E-state index in [-0.39, 0.29) is 17.3 Å². The first-order valence-electron chi connectivity index (χ1n) is 6.77. The lowest BCUT2D eigenvalue weighted by Gasteiger charge is -2.08. The van der Waals surface area contributed by atoms with E-state index in [9.17, 15) is 14.6 Å². The molecule has 108 valence electrons. The van der Waals surface area contributed by atoms with Crippen LogP contribution >= 0.6 is 0 Å². The summed E-state index contributed by atoms with van der Waals surface area (Å²) in [4.78, 5) is 4.45. The van der Waals surface area contributed by atoms with Crippen molar-refractivity contribution < 1.29 is 14.6 Å². The Labute approximate surface area is 121 Å². The normalized spacial score (nSPS) is 11.1. The van der Waals surface area contributed by atoms with Gasteiger partial charge in [-0.2, -0.15) is 0 Å². The lowest BCUT2D eigenvalue weighted by molar-refractivity contribution is 0.451. The quantitative estimate of drug-likeness (QED) is 0.772. The minimum Gasteiger partial charge on any atom is -0.508 e. The first-order chi connectivity index (χ1) is 10.1. The molecule has 4 nitrogen and oxygen atoms in total. The minimum absolute atomic E-state index is 0.0358. The highest BCUT2D eigenvalue weighted by Crippen LogP contribution is 2.31. The van der Waals surface area contributed by atoms with Gasteiger partial charge in [0.15, 0.2) is 0 Å². The molecular formula is C16H15FN2O2. The van der Waals surface area contributed by atoms with E-state index in [4.69, 9.17) is 0 Å². The van der Waals surface area contributed by atoms with Crippen LogP contribution in [0.5, 0.6) is 11.5 Å². The smallest absolute Gasteiger partial charge is 0.141 e. The number of nitrogens with zero attached hydrogens (tertiary/aromatic N) is 2. The van der Waals surface area contributed by atoms with Gasteiger partial charge in [-0.15, -0.1) is 0 Å². The number of phenolic OH excluding ortho intramolecular Hbond substituents is 2. The number of halogens is 1. The number of imidazole rings is 1. The third-order valence-corrected chi connectivity index (χ3v) is 3.32. The molecule has 5 heteroatoms. The summed E-state index contributed by atoms with van der Waals surface area (Å²) < 4.78 is 15.3. The number of hydrogen-bond donors (Lipinski definition) is 2. The molecule has 2 aromatic carbocycles. The average molecular weight is 286 g/mol. The standard InChI is InChI=1S/C16H15FN2O2/c1-2-5-19-15-4-3-11(17)8-14(15)18-16(19)10-6-12(20)9-13(21)7-10/h3-4,6-9,20-21H,2,5H2,1H3. The summed E-state index contributed by atoms with van der Waals surface area (Å²) in [5.41, 5.74) is 1.98. The highest BCUT2D eigenvalue weighted by Gasteiger charge is 2.14. The molecule has 3 aromatic rings. The van der Waals surface area contributed by atoms with Gasteiger partial charge in [0, 0.05) is 24.2 Å². The van der Waals surface area contributed by atoms with Crippen LogP contribution in [0.4, 0.5) is 4.39 Å². The van der Waals surface area contributed by atoms with Gasteiger partial charge in [-0.3, -0.25) is 0 Å². The number of hydrogen-bond acceptors (Lipinski definition) is 3. The molecule has 0 aliphatic heterocycles. The van der Waals surface area contributed by atoms with Gasteiger partial charge in [-0.1, -0.05) is 6.92 Å². The maximum atomic E-state index is 13.4. The molecule has 0 saturated carbocycles. The van der Waals surface area contributed by atoms with E-state index in [1.165, 1.54) is 30.3 Å². The van der Waals surface area contributed by atoms with Crippen LogP contribution in [0.2, 0.25) is 0 Å². The maximum Gasteiger partial charge on any atom is 0.141 e. The first kappa shape index (κ1) is 13.4.